The number of hydrogen-bond acceptors (Lipinski definition) is 2. The topological polar surface area (TPSA) is 40.0 Å². The van der Waals surface area contributed by atoms with E-state index in [1.54, 1.807) is 0 Å². The quantitative estimate of drug-likeness (QED) is 0.187. The number of rotatable bonds is 3. The van der Waals surface area contributed by atoms with Crippen LogP contribution in [0, 0.1) is 0 Å². The summed E-state index contributed by atoms with van der Waals surface area (Å²) >= 11 is 0. The van der Waals surface area contributed by atoms with Gasteiger partial charge in [-0.15, -0.1) is 0 Å². The lowest BCUT2D eigenvalue weighted by atomic mass is 9.94. The molecule has 12 aromatic rings. The van der Waals surface area contributed by atoms with Crippen LogP contribution in [0.1, 0.15) is 0 Å². The van der Waals surface area contributed by atoms with E-state index in [0.29, 0.717) is 0 Å². The maximum atomic E-state index is 5.43. The lowest BCUT2D eigenvalue weighted by molar-refractivity contribution is 0.982. The molecule has 8 aromatic carbocycles. The largest absolute Gasteiger partial charge is 0.309 e. The number of aromatic nitrogens is 5. The predicted molar refractivity (Wildman–Crippen MR) is 220 cm³/mol. The van der Waals surface area contributed by atoms with E-state index in [0.717, 1.165) is 50.3 Å². The summed E-state index contributed by atoms with van der Waals surface area (Å²) in [7, 11) is 0. The van der Waals surface area contributed by atoms with E-state index in [2.05, 4.69) is 189 Å². The minimum atomic E-state index is 0.824. The van der Waals surface area contributed by atoms with Gasteiger partial charge in [-0.05, 0) is 77.2 Å². The van der Waals surface area contributed by atoms with Crippen LogP contribution in [-0.4, -0.2) is 23.5 Å². The Kier molecular flexibility index (Phi) is 5.71. The van der Waals surface area contributed by atoms with E-state index in [9.17, 15) is 0 Å². The van der Waals surface area contributed by atoms with Gasteiger partial charge in [-0.3, -0.25) is 8.97 Å². The highest BCUT2D eigenvalue weighted by atomic mass is 15.2. The van der Waals surface area contributed by atoms with E-state index in [1.807, 2.05) is 0 Å². The first-order chi connectivity index (χ1) is 26.3. The average molecular weight is 676 g/mol. The molecule has 12 rings (SSSR count). The molecule has 0 aliphatic heterocycles. The van der Waals surface area contributed by atoms with Gasteiger partial charge in [0.05, 0.1) is 38.6 Å². The van der Waals surface area contributed by atoms with Crippen molar-refractivity contribution in [2.45, 2.75) is 0 Å². The molecule has 0 bridgehead atoms. The molecule has 5 nitrogen and oxygen atoms in total. The van der Waals surface area contributed by atoms with Crippen LogP contribution >= 0.6 is 0 Å². The van der Waals surface area contributed by atoms with Crippen LogP contribution in [0.5, 0.6) is 0 Å². The molecule has 0 saturated carbocycles. The zero-order valence-corrected chi connectivity index (χ0v) is 28.5. The molecule has 53 heavy (non-hydrogen) atoms. The van der Waals surface area contributed by atoms with Crippen molar-refractivity contribution in [3.63, 3.8) is 0 Å². The van der Waals surface area contributed by atoms with Crippen molar-refractivity contribution in [1.82, 2.24) is 23.5 Å². The molecule has 5 heteroatoms. The zero-order valence-electron chi connectivity index (χ0n) is 28.5. The molecule has 0 unspecified atom stereocenters. The van der Waals surface area contributed by atoms with Crippen LogP contribution in [-0.2, 0) is 0 Å². The molecule has 0 saturated heterocycles. The Hall–Kier alpha value is -7.24. The first-order valence-corrected chi connectivity index (χ1v) is 18.0. The standard InChI is InChI=1S/C48H29N5/c1-2-14-31(15-3-1)51-42-23-11-7-17-33(42)35-27-26-30(28-45(35)51)38-29-39-34-18-8-12-24-43(34)52(46(39)36-19-5-4-16-32(36)38)48-50-40-21-9-6-20-37(40)47-49-41-22-10-13-25-44(41)53(47)48/h1-29H. The summed E-state index contributed by atoms with van der Waals surface area (Å²) in [6.07, 6.45) is 0. The minimum Gasteiger partial charge on any atom is -0.309 e. The molecule has 0 radical (unpaired) electrons. The Labute approximate surface area is 303 Å². The average Bonchev–Trinajstić information content (AvgIpc) is 3.89. The second kappa shape index (κ2) is 10.6. The molecule has 4 heterocycles. The summed E-state index contributed by atoms with van der Waals surface area (Å²) in [6, 6.07) is 63.0. The summed E-state index contributed by atoms with van der Waals surface area (Å²) in [4.78, 5) is 10.6. The lowest BCUT2D eigenvalue weighted by Crippen LogP contribution is -2.06. The number of fused-ring (bicyclic) bond motifs is 13. The van der Waals surface area contributed by atoms with Crippen LogP contribution in [0.15, 0.2) is 176 Å². The Morgan fingerprint density at radius 1 is 0.358 bits per heavy atom. The molecular formula is C48H29N5. The van der Waals surface area contributed by atoms with Crippen molar-refractivity contribution >= 4 is 82.0 Å². The fourth-order valence-corrected chi connectivity index (χ4v) is 8.74. The second-order valence-electron chi connectivity index (χ2n) is 13.8. The fourth-order valence-electron chi connectivity index (χ4n) is 8.74. The third-order valence-corrected chi connectivity index (χ3v) is 11.0. The molecule has 246 valence electrons. The third kappa shape index (κ3) is 3.91. The molecule has 0 spiro atoms. The molecule has 4 aromatic heterocycles. The zero-order chi connectivity index (χ0) is 34.6. The van der Waals surface area contributed by atoms with Gasteiger partial charge >= 0.3 is 0 Å². The van der Waals surface area contributed by atoms with Crippen molar-refractivity contribution in [2.24, 2.45) is 0 Å². The minimum absolute atomic E-state index is 0.824. The molecule has 0 amide bonds. The van der Waals surface area contributed by atoms with Crippen molar-refractivity contribution < 1.29 is 0 Å². The lowest BCUT2D eigenvalue weighted by Gasteiger charge is -2.15. The van der Waals surface area contributed by atoms with Crippen LogP contribution in [0.3, 0.4) is 0 Å². The molecule has 0 aliphatic carbocycles. The highest BCUT2D eigenvalue weighted by Gasteiger charge is 2.23. The Balaban J connectivity index is 1.21. The molecule has 0 aliphatic rings. The molecule has 0 atom stereocenters. The number of nitrogens with zero attached hydrogens (tertiary/aromatic N) is 5. The first-order valence-electron chi connectivity index (χ1n) is 18.0. The maximum Gasteiger partial charge on any atom is 0.221 e. The van der Waals surface area contributed by atoms with Crippen molar-refractivity contribution in [3.05, 3.63) is 176 Å². The highest BCUT2D eigenvalue weighted by Crippen LogP contribution is 2.43. The van der Waals surface area contributed by atoms with E-state index >= 15 is 0 Å². The van der Waals surface area contributed by atoms with E-state index in [1.165, 1.54) is 54.5 Å². The highest BCUT2D eigenvalue weighted by molar-refractivity contribution is 6.22. The predicted octanol–water partition coefficient (Wildman–Crippen LogP) is 12.1. The van der Waals surface area contributed by atoms with Crippen LogP contribution < -0.4 is 0 Å². The second-order valence-corrected chi connectivity index (χ2v) is 13.8. The van der Waals surface area contributed by atoms with Gasteiger partial charge in [0.25, 0.3) is 0 Å². The normalized spacial score (nSPS) is 12.2. The third-order valence-electron chi connectivity index (χ3n) is 11.0. The van der Waals surface area contributed by atoms with Crippen LogP contribution in [0.2, 0.25) is 0 Å². The van der Waals surface area contributed by atoms with Crippen LogP contribution in [0.25, 0.3) is 105 Å². The van der Waals surface area contributed by atoms with E-state index in [4.69, 9.17) is 9.97 Å². The van der Waals surface area contributed by atoms with Crippen molar-refractivity contribution in [2.75, 3.05) is 0 Å². The Morgan fingerprint density at radius 2 is 0.943 bits per heavy atom. The molecule has 0 fully saturated rings. The maximum absolute atomic E-state index is 5.43. The first kappa shape index (κ1) is 28.5. The summed E-state index contributed by atoms with van der Waals surface area (Å²) < 4.78 is 7.00. The van der Waals surface area contributed by atoms with Gasteiger partial charge in [0.15, 0.2) is 0 Å². The van der Waals surface area contributed by atoms with Crippen molar-refractivity contribution in [3.8, 4) is 22.8 Å². The van der Waals surface area contributed by atoms with Crippen molar-refractivity contribution in [1.29, 1.82) is 0 Å². The SMILES string of the molecule is c1ccc(-n2c3ccccc3c3ccc(-c4cc5c6ccccc6n(-c6nc7ccccc7c7nc8ccccc8n67)c5c5ccccc45)cc32)cc1. The number of hydrogen-bond donors (Lipinski definition) is 0. The number of imidazole rings is 1. The number of para-hydroxylation sites is 6. The van der Waals surface area contributed by atoms with Gasteiger partial charge in [0.1, 0.15) is 5.65 Å². The van der Waals surface area contributed by atoms with Gasteiger partial charge in [0.2, 0.25) is 5.95 Å². The molecular weight excluding hydrogens is 647 g/mol. The van der Waals surface area contributed by atoms with Gasteiger partial charge in [-0.25, -0.2) is 9.97 Å². The summed E-state index contributed by atoms with van der Waals surface area (Å²) in [5.41, 5.74) is 12.0. The van der Waals surface area contributed by atoms with Gasteiger partial charge in [-0.1, -0.05) is 115 Å². The summed E-state index contributed by atoms with van der Waals surface area (Å²) in [5, 5.41) is 8.26. The monoisotopic (exact) mass is 675 g/mol. The summed E-state index contributed by atoms with van der Waals surface area (Å²) in [5.74, 6) is 0.824. The fraction of sp³-hybridized carbons (Fsp3) is 0. The Bertz CT molecular complexity index is 3460. The molecule has 0 N–H and O–H groups in total. The van der Waals surface area contributed by atoms with E-state index < -0.39 is 0 Å². The van der Waals surface area contributed by atoms with Crippen LogP contribution in [0.4, 0.5) is 0 Å². The number of benzene rings is 8. The van der Waals surface area contributed by atoms with E-state index in [-0.39, 0.29) is 0 Å². The summed E-state index contributed by atoms with van der Waals surface area (Å²) in [6.45, 7) is 0. The Morgan fingerprint density at radius 3 is 1.74 bits per heavy atom. The smallest absolute Gasteiger partial charge is 0.221 e. The van der Waals surface area contributed by atoms with Gasteiger partial charge in [-0.2, -0.15) is 0 Å². The van der Waals surface area contributed by atoms with Gasteiger partial charge in [0, 0.05) is 38.0 Å². The van der Waals surface area contributed by atoms with Gasteiger partial charge < -0.3 is 4.57 Å².